The van der Waals surface area contributed by atoms with Crippen molar-refractivity contribution >= 4 is 5.97 Å². The first-order valence-corrected chi connectivity index (χ1v) is 6.70. The van der Waals surface area contributed by atoms with Crippen LogP contribution in [-0.4, -0.2) is 34.5 Å². The van der Waals surface area contributed by atoms with Crippen molar-refractivity contribution in [2.45, 2.75) is 19.9 Å². The summed E-state index contributed by atoms with van der Waals surface area (Å²) in [6.07, 6.45) is 0.982. The SMILES string of the molecule is CCOC(=O)c1n[nH]nc1-c1ccc2c(c1)CCNC2. The second-order valence-corrected chi connectivity index (χ2v) is 4.65. The minimum atomic E-state index is -0.448. The number of hydrogen-bond donors (Lipinski definition) is 2. The van der Waals surface area contributed by atoms with Crippen molar-refractivity contribution in [3.8, 4) is 11.3 Å². The van der Waals surface area contributed by atoms with Gasteiger partial charge in [0.25, 0.3) is 0 Å². The number of fused-ring (bicyclic) bond motifs is 1. The van der Waals surface area contributed by atoms with E-state index in [0.717, 1.165) is 25.1 Å². The third-order valence-electron chi connectivity index (χ3n) is 3.38. The van der Waals surface area contributed by atoms with Gasteiger partial charge in [-0.3, -0.25) is 0 Å². The lowest BCUT2D eigenvalue weighted by Crippen LogP contribution is -2.23. The zero-order chi connectivity index (χ0) is 13.9. The quantitative estimate of drug-likeness (QED) is 0.823. The fraction of sp³-hybridized carbons (Fsp3) is 0.357. The monoisotopic (exact) mass is 272 g/mol. The van der Waals surface area contributed by atoms with Gasteiger partial charge in [0.1, 0.15) is 5.69 Å². The molecule has 20 heavy (non-hydrogen) atoms. The molecule has 104 valence electrons. The predicted molar refractivity (Wildman–Crippen MR) is 73.2 cm³/mol. The van der Waals surface area contributed by atoms with Crippen molar-refractivity contribution in [1.29, 1.82) is 0 Å². The van der Waals surface area contributed by atoms with Crippen LogP contribution in [0.15, 0.2) is 18.2 Å². The van der Waals surface area contributed by atoms with Crippen molar-refractivity contribution in [2.75, 3.05) is 13.2 Å². The van der Waals surface area contributed by atoms with Crippen LogP contribution < -0.4 is 5.32 Å². The molecule has 0 amide bonds. The Morgan fingerprint density at radius 3 is 3.10 bits per heavy atom. The number of esters is 1. The molecule has 0 fully saturated rings. The summed E-state index contributed by atoms with van der Waals surface area (Å²) >= 11 is 0. The highest BCUT2D eigenvalue weighted by atomic mass is 16.5. The van der Waals surface area contributed by atoms with Gasteiger partial charge in [0.15, 0.2) is 5.69 Å². The van der Waals surface area contributed by atoms with Crippen molar-refractivity contribution in [3.05, 3.63) is 35.0 Å². The standard InChI is InChI=1S/C14H16N4O2/c1-2-20-14(19)13-12(16-18-17-13)10-3-4-11-8-15-6-5-9(11)7-10/h3-4,7,15H,2,5-6,8H2,1H3,(H,16,17,18). The Labute approximate surface area is 116 Å². The maximum Gasteiger partial charge on any atom is 0.361 e. The van der Waals surface area contributed by atoms with Crippen LogP contribution in [0.4, 0.5) is 0 Å². The van der Waals surface area contributed by atoms with E-state index in [2.05, 4.69) is 32.9 Å². The molecule has 1 aliphatic heterocycles. The topological polar surface area (TPSA) is 79.9 Å². The smallest absolute Gasteiger partial charge is 0.361 e. The van der Waals surface area contributed by atoms with Crippen LogP contribution in [0, 0.1) is 0 Å². The highest BCUT2D eigenvalue weighted by molar-refractivity contribution is 5.93. The number of benzene rings is 1. The first kappa shape index (κ1) is 12.8. The van der Waals surface area contributed by atoms with Gasteiger partial charge in [-0.05, 0) is 37.1 Å². The van der Waals surface area contributed by atoms with Crippen molar-refractivity contribution in [3.63, 3.8) is 0 Å². The first-order valence-electron chi connectivity index (χ1n) is 6.70. The molecule has 0 spiro atoms. The van der Waals surface area contributed by atoms with Gasteiger partial charge in [-0.15, -0.1) is 5.10 Å². The van der Waals surface area contributed by atoms with Crippen LogP contribution in [0.1, 0.15) is 28.5 Å². The van der Waals surface area contributed by atoms with Crippen LogP contribution in [-0.2, 0) is 17.7 Å². The van der Waals surface area contributed by atoms with Gasteiger partial charge < -0.3 is 10.1 Å². The lowest BCUT2D eigenvalue weighted by molar-refractivity contribution is 0.0520. The second-order valence-electron chi connectivity index (χ2n) is 4.65. The summed E-state index contributed by atoms with van der Waals surface area (Å²) in [6.45, 7) is 3.95. The van der Waals surface area contributed by atoms with Crippen LogP contribution in [0.3, 0.4) is 0 Å². The Hall–Kier alpha value is -2.21. The van der Waals surface area contributed by atoms with E-state index < -0.39 is 5.97 Å². The Morgan fingerprint density at radius 1 is 1.35 bits per heavy atom. The summed E-state index contributed by atoms with van der Waals surface area (Å²) < 4.78 is 4.99. The molecule has 0 saturated heterocycles. The van der Waals surface area contributed by atoms with E-state index >= 15 is 0 Å². The summed E-state index contributed by atoms with van der Waals surface area (Å²) in [5.74, 6) is -0.448. The average molecular weight is 272 g/mol. The summed E-state index contributed by atoms with van der Waals surface area (Å²) in [5, 5.41) is 13.8. The van der Waals surface area contributed by atoms with Crippen LogP contribution in [0.25, 0.3) is 11.3 Å². The molecule has 1 aromatic heterocycles. The first-order chi connectivity index (χ1) is 9.79. The number of rotatable bonds is 3. The molecular weight excluding hydrogens is 256 g/mol. The number of aromatic nitrogens is 3. The third-order valence-corrected chi connectivity index (χ3v) is 3.38. The van der Waals surface area contributed by atoms with E-state index in [1.807, 2.05) is 6.07 Å². The number of nitrogens with zero attached hydrogens (tertiary/aromatic N) is 2. The molecule has 2 aromatic rings. The molecule has 3 rings (SSSR count). The average Bonchev–Trinajstić information content (AvgIpc) is 2.96. The maximum atomic E-state index is 11.8. The van der Waals surface area contributed by atoms with E-state index in [4.69, 9.17) is 4.74 Å². The summed E-state index contributed by atoms with van der Waals surface area (Å²) in [5.41, 5.74) is 4.26. The predicted octanol–water partition coefficient (Wildman–Crippen LogP) is 1.29. The maximum absolute atomic E-state index is 11.8. The van der Waals surface area contributed by atoms with Gasteiger partial charge in [0.2, 0.25) is 0 Å². The Balaban J connectivity index is 1.97. The zero-order valence-corrected chi connectivity index (χ0v) is 11.3. The highest BCUT2D eigenvalue weighted by Gasteiger charge is 2.20. The van der Waals surface area contributed by atoms with E-state index in [9.17, 15) is 4.79 Å². The molecule has 6 nitrogen and oxygen atoms in total. The lowest BCUT2D eigenvalue weighted by atomic mass is 9.97. The van der Waals surface area contributed by atoms with Crippen molar-refractivity contribution < 1.29 is 9.53 Å². The largest absolute Gasteiger partial charge is 0.461 e. The molecule has 0 unspecified atom stereocenters. The van der Waals surface area contributed by atoms with E-state index in [-0.39, 0.29) is 5.69 Å². The number of carbonyl (C=O) groups is 1. The van der Waals surface area contributed by atoms with Gasteiger partial charge in [0, 0.05) is 12.1 Å². The van der Waals surface area contributed by atoms with Crippen LogP contribution in [0.5, 0.6) is 0 Å². The number of nitrogens with one attached hydrogen (secondary N) is 2. The van der Waals surface area contributed by atoms with Gasteiger partial charge in [-0.2, -0.15) is 10.3 Å². The molecule has 0 aliphatic carbocycles. The Morgan fingerprint density at radius 2 is 2.25 bits per heavy atom. The number of ether oxygens (including phenoxy) is 1. The molecule has 0 radical (unpaired) electrons. The molecular formula is C14H16N4O2. The minimum absolute atomic E-state index is 0.237. The second kappa shape index (κ2) is 5.42. The number of carbonyl (C=O) groups excluding carboxylic acids is 1. The Bertz CT molecular complexity index is 636. The molecule has 2 heterocycles. The molecule has 0 atom stereocenters. The normalized spacial score (nSPS) is 13.8. The third kappa shape index (κ3) is 2.30. The highest BCUT2D eigenvalue weighted by Crippen LogP contribution is 2.25. The fourth-order valence-corrected chi connectivity index (χ4v) is 2.40. The summed E-state index contributed by atoms with van der Waals surface area (Å²) in [6, 6.07) is 6.11. The summed E-state index contributed by atoms with van der Waals surface area (Å²) in [4.78, 5) is 11.8. The van der Waals surface area contributed by atoms with E-state index in [0.29, 0.717) is 12.3 Å². The van der Waals surface area contributed by atoms with Gasteiger partial charge >= 0.3 is 5.97 Å². The zero-order valence-electron chi connectivity index (χ0n) is 11.3. The molecule has 0 saturated carbocycles. The van der Waals surface area contributed by atoms with Gasteiger partial charge in [-0.1, -0.05) is 12.1 Å². The van der Waals surface area contributed by atoms with Gasteiger partial charge in [-0.25, -0.2) is 4.79 Å². The Kier molecular flexibility index (Phi) is 3.47. The number of aromatic amines is 1. The number of H-pyrrole nitrogens is 1. The van der Waals surface area contributed by atoms with Crippen LogP contribution in [0.2, 0.25) is 0 Å². The molecule has 6 heteroatoms. The number of hydrogen-bond acceptors (Lipinski definition) is 5. The van der Waals surface area contributed by atoms with Crippen LogP contribution >= 0.6 is 0 Å². The molecule has 1 aliphatic rings. The molecule has 0 bridgehead atoms. The summed E-state index contributed by atoms with van der Waals surface area (Å²) in [7, 11) is 0. The molecule has 2 N–H and O–H groups in total. The van der Waals surface area contributed by atoms with Crippen molar-refractivity contribution in [2.24, 2.45) is 0 Å². The molecule has 1 aromatic carbocycles. The fourth-order valence-electron chi connectivity index (χ4n) is 2.40. The van der Waals surface area contributed by atoms with E-state index in [1.165, 1.54) is 11.1 Å². The van der Waals surface area contributed by atoms with Gasteiger partial charge in [0.05, 0.1) is 6.61 Å². The minimum Gasteiger partial charge on any atom is -0.461 e. The van der Waals surface area contributed by atoms with E-state index in [1.54, 1.807) is 6.92 Å². The van der Waals surface area contributed by atoms with Crippen molar-refractivity contribution in [1.82, 2.24) is 20.7 Å². The lowest BCUT2D eigenvalue weighted by Gasteiger charge is -2.17.